The number of carbonyl (C=O) groups is 1. The van der Waals surface area contributed by atoms with Crippen LogP contribution in [0.1, 0.15) is 21.5 Å². The van der Waals surface area contributed by atoms with Crippen molar-refractivity contribution in [2.24, 2.45) is 0 Å². The van der Waals surface area contributed by atoms with Crippen molar-refractivity contribution < 1.29 is 4.79 Å². The average molecular weight is 334 g/mol. The van der Waals surface area contributed by atoms with E-state index in [1.54, 1.807) is 12.3 Å². The Morgan fingerprint density at radius 1 is 1.16 bits per heavy atom. The van der Waals surface area contributed by atoms with Crippen LogP contribution in [0.2, 0.25) is 0 Å². The number of anilines is 2. The van der Waals surface area contributed by atoms with Crippen molar-refractivity contribution in [2.45, 2.75) is 13.5 Å². The molecular weight excluding hydrogens is 312 g/mol. The summed E-state index contributed by atoms with van der Waals surface area (Å²) in [6.45, 7) is 2.74. The highest BCUT2D eigenvalue weighted by atomic mass is 16.1. The fourth-order valence-electron chi connectivity index (χ4n) is 2.64. The van der Waals surface area contributed by atoms with Crippen molar-refractivity contribution in [1.82, 2.24) is 9.78 Å². The quantitative estimate of drug-likeness (QED) is 0.776. The van der Waals surface area contributed by atoms with E-state index in [0.717, 1.165) is 5.69 Å². The lowest BCUT2D eigenvalue weighted by Crippen LogP contribution is -2.14. The molecule has 5 nitrogen and oxygen atoms in total. The van der Waals surface area contributed by atoms with E-state index in [9.17, 15) is 4.79 Å². The Kier molecular flexibility index (Phi) is 4.84. The normalized spacial score (nSPS) is 10.5. The highest BCUT2D eigenvalue weighted by Crippen LogP contribution is 2.15. The molecule has 0 radical (unpaired) electrons. The van der Waals surface area contributed by atoms with Crippen LogP contribution in [-0.4, -0.2) is 29.8 Å². The van der Waals surface area contributed by atoms with Crippen LogP contribution in [0.15, 0.2) is 60.9 Å². The highest BCUT2D eigenvalue weighted by Gasteiger charge is 2.09. The first-order valence-electron chi connectivity index (χ1n) is 8.18. The number of aryl methyl sites for hydroxylation is 1. The molecule has 0 aliphatic rings. The Balaban J connectivity index is 1.68. The molecular formula is C20H22N4O. The van der Waals surface area contributed by atoms with Crippen LogP contribution in [0.25, 0.3) is 0 Å². The number of hydrogen-bond acceptors (Lipinski definition) is 3. The van der Waals surface area contributed by atoms with E-state index in [-0.39, 0.29) is 5.91 Å². The fourth-order valence-corrected chi connectivity index (χ4v) is 2.64. The van der Waals surface area contributed by atoms with Gasteiger partial charge >= 0.3 is 0 Å². The van der Waals surface area contributed by atoms with Crippen LogP contribution < -0.4 is 10.2 Å². The summed E-state index contributed by atoms with van der Waals surface area (Å²) < 4.78 is 1.82. The summed E-state index contributed by atoms with van der Waals surface area (Å²) in [5.41, 5.74) is 4.70. The van der Waals surface area contributed by atoms with Gasteiger partial charge in [-0.05, 0) is 30.7 Å². The summed E-state index contributed by atoms with van der Waals surface area (Å²) in [6, 6.07) is 15.8. The van der Waals surface area contributed by atoms with E-state index in [1.807, 2.05) is 54.1 Å². The van der Waals surface area contributed by atoms with Gasteiger partial charge in [-0.3, -0.25) is 9.48 Å². The predicted octanol–water partition coefficient (Wildman–Crippen LogP) is 3.56. The van der Waals surface area contributed by atoms with Crippen LogP contribution in [0.3, 0.4) is 0 Å². The molecule has 1 N–H and O–H groups in total. The van der Waals surface area contributed by atoms with Gasteiger partial charge < -0.3 is 10.2 Å². The molecule has 5 heteroatoms. The number of carbonyl (C=O) groups excluding carboxylic acids is 1. The number of amides is 1. The summed E-state index contributed by atoms with van der Waals surface area (Å²) in [7, 11) is 3.90. The van der Waals surface area contributed by atoms with Gasteiger partial charge in [0, 0.05) is 31.5 Å². The molecule has 1 heterocycles. The number of benzene rings is 2. The van der Waals surface area contributed by atoms with Crippen molar-refractivity contribution in [1.29, 1.82) is 0 Å². The zero-order valence-corrected chi connectivity index (χ0v) is 14.7. The zero-order valence-electron chi connectivity index (χ0n) is 14.7. The molecule has 128 valence electrons. The maximum atomic E-state index is 12.4. The standard InChI is InChI=1S/C20H22N4O/c1-15-6-4-7-16(10-15)13-24-14-18(12-21-24)22-20(25)17-8-5-9-19(11-17)23(2)3/h4-12,14H,13H2,1-3H3,(H,22,25). The smallest absolute Gasteiger partial charge is 0.255 e. The molecule has 3 aromatic rings. The van der Waals surface area contributed by atoms with Crippen LogP contribution in [-0.2, 0) is 6.54 Å². The molecule has 0 aliphatic carbocycles. The highest BCUT2D eigenvalue weighted by molar-refractivity contribution is 6.04. The lowest BCUT2D eigenvalue weighted by atomic mass is 10.1. The molecule has 1 aromatic heterocycles. The van der Waals surface area contributed by atoms with Gasteiger partial charge in [0.25, 0.3) is 5.91 Å². The third-order valence-corrected chi connectivity index (χ3v) is 3.94. The molecule has 0 bridgehead atoms. The lowest BCUT2D eigenvalue weighted by Gasteiger charge is -2.13. The van der Waals surface area contributed by atoms with Gasteiger partial charge in [-0.2, -0.15) is 5.10 Å². The predicted molar refractivity (Wildman–Crippen MR) is 101 cm³/mol. The van der Waals surface area contributed by atoms with Crippen LogP contribution in [0.5, 0.6) is 0 Å². The van der Waals surface area contributed by atoms with Crippen molar-refractivity contribution >= 4 is 17.3 Å². The van der Waals surface area contributed by atoms with Crippen LogP contribution in [0.4, 0.5) is 11.4 Å². The largest absolute Gasteiger partial charge is 0.378 e. The van der Waals surface area contributed by atoms with Gasteiger partial charge in [0.1, 0.15) is 0 Å². The molecule has 3 rings (SSSR count). The lowest BCUT2D eigenvalue weighted by molar-refractivity contribution is 0.102. The topological polar surface area (TPSA) is 50.2 Å². The van der Waals surface area contributed by atoms with Gasteiger partial charge in [0.2, 0.25) is 0 Å². The Hall–Kier alpha value is -3.08. The van der Waals surface area contributed by atoms with Crippen LogP contribution in [0, 0.1) is 6.92 Å². The number of hydrogen-bond donors (Lipinski definition) is 1. The zero-order chi connectivity index (χ0) is 17.8. The second-order valence-electron chi connectivity index (χ2n) is 6.31. The molecule has 0 saturated heterocycles. The van der Waals surface area contributed by atoms with E-state index in [0.29, 0.717) is 17.8 Å². The van der Waals surface area contributed by atoms with Gasteiger partial charge in [-0.25, -0.2) is 0 Å². The van der Waals surface area contributed by atoms with E-state index in [2.05, 4.69) is 35.5 Å². The van der Waals surface area contributed by atoms with Gasteiger partial charge in [-0.15, -0.1) is 0 Å². The monoisotopic (exact) mass is 334 g/mol. The number of aromatic nitrogens is 2. The minimum absolute atomic E-state index is 0.140. The van der Waals surface area contributed by atoms with E-state index >= 15 is 0 Å². The van der Waals surface area contributed by atoms with Crippen molar-refractivity contribution in [3.05, 3.63) is 77.6 Å². The molecule has 0 spiro atoms. The first-order chi connectivity index (χ1) is 12.0. The second kappa shape index (κ2) is 7.21. The fraction of sp³-hybridized carbons (Fsp3) is 0.200. The Morgan fingerprint density at radius 2 is 1.96 bits per heavy atom. The summed E-state index contributed by atoms with van der Waals surface area (Å²) in [4.78, 5) is 14.4. The molecule has 0 unspecified atom stereocenters. The summed E-state index contributed by atoms with van der Waals surface area (Å²) in [6.07, 6.45) is 3.51. The van der Waals surface area contributed by atoms with Crippen molar-refractivity contribution in [3.8, 4) is 0 Å². The SMILES string of the molecule is Cc1cccc(Cn2cc(NC(=O)c3cccc(N(C)C)c3)cn2)c1. The molecule has 0 aliphatic heterocycles. The number of nitrogens with zero attached hydrogens (tertiary/aromatic N) is 3. The van der Waals surface area contributed by atoms with Gasteiger partial charge in [-0.1, -0.05) is 35.9 Å². The maximum Gasteiger partial charge on any atom is 0.255 e. The summed E-state index contributed by atoms with van der Waals surface area (Å²) in [5.74, 6) is -0.140. The van der Waals surface area contributed by atoms with Crippen molar-refractivity contribution in [2.75, 3.05) is 24.3 Å². The molecule has 0 saturated carbocycles. The molecule has 0 atom stereocenters. The van der Waals surface area contributed by atoms with Gasteiger partial charge in [0.05, 0.1) is 18.4 Å². The summed E-state index contributed by atoms with van der Waals surface area (Å²) >= 11 is 0. The van der Waals surface area contributed by atoms with E-state index in [1.165, 1.54) is 11.1 Å². The molecule has 2 aromatic carbocycles. The Bertz CT molecular complexity index is 883. The minimum atomic E-state index is -0.140. The second-order valence-corrected chi connectivity index (χ2v) is 6.31. The number of nitrogens with one attached hydrogen (secondary N) is 1. The average Bonchev–Trinajstić information content (AvgIpc) is 3.02. The maximum absolute atomic E-state index is 12.4. The summed E-state index contributed by atoms with van der Waals surface area (Å²) in [5, 5.41) is 7.23. The molecule has 25 heavy (non-hydrogen) atoms. The first-order valence-corrected chi connectivity index (χ1v) is 8.18. The van der Waals surface area contributed by atoms with Gasteiger partial charge in [0.15, 0.2) is 0 Å². The van der Waals surface area contributed by atoms with E-state index < -0.39 is 0 Å². The third-order valence-electron chi connectivity index (χ3n) is 3.94. The van der Waals surface area contributed by atoms with Crippen molar-refractivity contribution in [3.63, 3.8) is 0 Å². The Morgan fingerprint density at radius 3 is 2.72 bits per heavy atom. The molecule has 1 amide bonds. The minimum Gasteiger partial charge on any atom is -0.378 e. The first kappa shape index (κ1) is 16.8. The third kappa shape index (κ3) is 4.26. The van der Waals surface area contributed by atoms with Crippen LogP contribution >= 0.6 is 0 Å². The number of rotatable bonds is 5. The molecule has 0 fully saturated rings. The Labute approximate surface area is 147 Å². The van der Waals surface area contributed by atoms with E-state index in [4.69, 9.17) is 0 Å².